The highest BCUT2D eigenvalue weighted by molar-refractivity contribution is 7.94. The largest absolute Gasteiger partial charge is 0.464 e. The van der Waals surface area contributed by atoms with E-state index >= 15 is 0 Å². The third-order valence-electron chi connectivity index (χ3n) is 3.88. The van der Waals surface area contributed by atoms with E-state index in [9.17, 15) is 21.6 Å². The average Bonchev–Trinajstić information content (AvgIpc) is 3.04. The quantitative estimate of drug-likeness (QED) is 0.494. The van der Waals surface area contributed by atoms with Gasteiger partial charge in [0.25, 0.3) is 10.0 Å². The highest BCUT2D eigenvalue weighted by Gasteiger charge is 2.39. The number of nitrogens with two attached hydrogens (primary N) is 1. The van der Waals surface area contributed by atoms with Crippen LogP contribution in [0.4, 0.5) is 0 Å². The molecule has 10 nitrogen and oxygen atoms in total. The number of nitrogens with one attached hydrogen (secondary N) is 1. The van der Waals surface area contributed by atoms with Gasteiger partial charge in [0.2, 0.25) is 10.0 Å². The van der Waals surface area contributed by atoms with Crippen LogP contribution in [0.2, 0.25) is 0 Å². The molecule has 154 valence electrons. The van der Waals surface area contributed by atoms with Gasteiger partial charge < -0.3 is 14.8 Å². The normalized spacial score (nSPS) is 19.6. The van der Waals surface area contributed by atoms with Crippen LogP contribution < -0.4 is 10.5 Å². The van der Waals surface area contributed by atoms with E-state index in [0.717, 1.165) is 0 Å². The zero-order valence-corrected chi connectivity index (χ0v) is 17.5. The Morgan fingerprint density at radius 3 is 2.74 bits per heavy atom. The summed E-state index contributed by atoms with van der Waals surface area (Å²) in [5, 5.41) is 8.29. The second kappa shape index (κ2) is 8.94. The number of likely N-dealkylation sites (N-methyl/N-ethyl adjacent to an activating group) is 1. The van der Waals surface area contributed by atoms with E-state index in [0.29, 0.717) is 23.4 Å². The number of hydrogen-bond acceptors (Lipinski definition) is 9. The Labute approximate surface area is 162 Å². The first kappa shape index (κ1) is 22.2. The lowest BCUT2D eigenvalue weighted by Gasteiger charge is -2.32. The van der Waals surface area contributed by atoms with Crippen molar-refractivity contribution in [2.45, 2.75) is 27.8 Å². The monoisotopic (exact) mass is 441 g/mol. The van der Waals surface area contributed by atoms with Gasteiger partial charge in [0.1, 0.15) is 15.0 Å². The summed E-state index contributed by atoms with van der Waals surface area (Å²) in [4.78, 5) is 11.5. The van der Waals surface area contributed by atoms with Crippen molar-refractivity contribution in [1.29, 1.82) is 0 Å². The summed E-state index contributed by atoms with van der Waals surface area (Å²) >= 11 is 0.627. The SMILES string of the molecule is CCN[C@H]1CN(CCOC(=O)CCOC)S(=O)(=O)c2sc(S(N)(=O)=O)cc21. The molecule has 0 spiro atoms. The number of carbonyl (C=O) groups excluding carboxylic acids is 1. The molecule has 1 atom stereocenters. The van der Waals surface area contributed by atoms with E-state index in [4.69, 9.17) is 14.6 Å². The Morgan fingerprint density at radius 1 is 1.44 bits per heavy atom. The fourth-order valence-electron chi connectivity index (χ4n) is 2.62. The highest BCUT2D eigenvalue weighted by Crippen LogP contribution is 2.39. The Morgan fingerprint density at radius 2 is 2.15 bits per heavy atom. The minimum Gasteiger partial charge on any atom is -0.464 e. The fourth-order valence-corrected chi connectivity index (χ4v) is 6.87. The van der Waals surface area contributed by atoms with Gasteiger partial charge in [0, 0.05) is 31.8 Å². The number of primary sulfonamides is 1. The predicted octanol–water partition coefficient (Wildman–Crippen LogP) is -0.370. The lowest BCUT2D eigenvalue weighted by atomic mass is 10.1. The number of rotatable bonds is 9. The number of esters is 1. The van der Waals surface area contributed by atoms with Crippen LogP contribution in [-0.2, 0) is 34.3 Å². The summed E-state index contributed by atoms with van der Waals surface area (Å²) in [5.41, 5.74) is 0.388. The number of nitrogens with zero attached hydrogens (tertiary/aromatic N) is 1. The molecule has 0 unspecified atom stereocenters. The van der Waals surface area contributed by atoms with Crippen LogP contribution in [0.15, 0.2) is 14.5 Å². The summed E-state index contributed by atoms with van der Waals surface area (Å²) in [6.45, 7) is 2.59. The maximum absolute atomic E-state index is 12.9. The Bertz CT molecular complexity index is 880. The molecule has 1 aromatic heterocycles. The molecule has 0 amide bonds. The standard InChI is InChI=1S/C14H23N3O7S3/c1-3-16-11-9-17(5-7-24-12(18)4-6-23-2)27(21,22)14-10(11)8-13(25-14)26(15,19)20/h8,11,16H,3-7,9H2,1-2H3,(H2,15,19,20)/t11-/m0/s1. The number of fused-ring (bicyclic) bond motifs is 1. The van der Waals surface area contributed by atoms with E-state index < -0.39 is 26.0 Å². The van der Waals surface area contributed by atoms with Crippen LogP contribution in [0.25, 0.3) is 0 Å². The molecule has 0 bridgehead atoms. The van der Waals surface area contributed by atoms with E-state index in [2.05, 4.69) is 5.32 Å². The van der Waals surface area contributed by atoms with Gasteiger partial charge in [-0.1, -0.05) is 6.92 Å². The molecule has 0 fully saturated rings. The smallest absolute Gasteiger partial charge is 0.308 e. The topological polar surface area (TPSA) is 145 Å². The van der Waals surface area contributed by atoms with Crippen molar-refractivity contribution in [3.8, 4) is 0 Å². The summed E-state index contributed by atoms with van der Waals surface area (Å²) in [6, 6.07) is 0.923. The number of hydrogen-bond donors (Lipinski definition) is 2. The van der Waals surface area contributed by atoms with Gasteiger partial charge in [-0.3, -0.25) is 4.79 Å². The minimum atomic E-state index is -4.01. The van der Waals surface area contributed by atoms with Crippen LogP contribution in [0.5, 0.6) is 0 Å². The third kappa shape index (κ3) is 5.25. The summed E-state index contributed by atoms with van der Waals surface area (Å²) in [5.74, 6) is -0.484. The van der Waals surface area contributed by atoms with Gasteiger partial charge in [-0.2, -0.15) is 4.31 Å². The third-order valence-corrected chi connectivity index (χ3v) is 8.85. The first-order chi connectivity index (χ1) is 12.6. The van der Waals surface area contributed by atoms with Crippen molar-refractivity contribution < 1.29 is 31.1 Å². The summed E-state index contributed by atoms with van der Waals surface area (Å²) in [6.07, 6.45) is 0.0794. The van der Waals surface area contributed by atoms with Crippen molar-refractivity contribution in [1.82, 2.24) is 9.62 Å². The summed E-state index contributed by atoms with van der Waals surface area (Å²) < 4.78 is 59.7. The molecule has 0 aromatic carbocycles. The van der Waals surface area contributed by atoms with E-state index in [1.54, 1.807) is 0 Å². The van der Waals surface area contributed by atoms with Gasteiger partial charge in [0.05, 0.1) is 13.0 Å². The van der Waals surface area contributed by atoms with Crippen molar-refractivity contribution >= 4 is 37.4 Å². The van der Waals surface area contributed by atoms with Gasteiger partial charge in [-0.25, -0.2) is 22.0 Å². The lowest BCUT2D eigenvalue weighted by Crippen LogP contribution is -2.44. The first-order valence-electron chi connectivity index (χ1n) is 8.15. The van der Waals surface area contributed by atoms with Crippen molar-refractivity contribution in [3.63, 3.8) is 0 Å². The second-order valence-electron chi connectivity index (χ2n) is 5.79. The van der Waals surface area contributed by atoms with Gasteiger partial charge >= 0.3 is 5.97 Å². The maximum atomic E-state index is 12.9. The minimum absolute atomic E-state index is 0.0367. The fraction of sp³-hybridized carbons (Fsp3) is 0.643. The van der Waals surface area contributed by atoms with Gasteiger partial charge in [-0.05, 0) is 12.6 Å². The highest BCUT2D eigenvalue weighted by atomic mass is 32.3. The number of sulfonamides is 2. The van der Waals surface area contributed by atoms with E-state index in [1.807, 2.05) is 6.92 Å². The van der Waals surface area contributed by atoms with Crippen LogP contribution >= 0.6 is 11.3 Å². The van der Waals surface area contributed by atoms with Crippen molar-refractivity contribution in [3.05, 3.63) is 11.6 Å². The van der Waals surface area contributed by atoms with E-state index in [1.165, 1.54) is 17.5 Å². The van der Waals surface area contributed by atoms with E-state index in [-0.39, 0.29) is 47.2 Å². The molecular formula is C14H23N3O7S3. The number of methoxy groups -OCH3 is 1. The van der Waals surface area contributed by atoms with Crippen molar-refractivity contribution in [2.24, 2.45) is 5.14 Å². The molecule has 1 aliphatic heterocycles. The molecule has 0 saturated carbocycles. The molecule has 27 heavy (non-hydrogen) atoms. The lowest BCUT2D eigenvalue weighted by molar-refractivity contribution is -0.144. The van der Waals surface area contributed by atoms with Crippen LogP contribution in [0, 0.1) is 0 Å². The van der Waals surface area contributed by atoms with Crippen molar-refractivity contribution in [2.75, 3.05) is 40.0 Å². The van der Waals surface area contributed by atoms with Crippen LogP contribution in [0.3, 0.4) is 0 Å². The Balaban J connectivity index is 2.21. The molecule has 1 aliphatic rings. The molecule has 1 aromatic rings. The summed E-state index contributed by atoms with van der Waals surface area (Å²) in [7, 11) is -6.46. The molecule has 0 radical (unpaired) electrons. The second-order valence-corrected chi connectivity index (χ2v) is 10.8. The van der Waals surface area contributed by atoms with Gasteiger partial charge in [-0.15, -0.1) is 11.3 Å². The molecular weight excluding hydrogens is 418 g/mol. The molecule has 13 heteroatoms. The number of carbonyl (C=O) groups is 1. The Hall–Kier alpha value is -1.09. The molecule has 3 N–H and O–H groups in total. The predicted molar refractivity (Wildman–Crippen MR) is 98.3 cm³/mol. The average molecular weight is 442 g/mol. The maximum Gasteiger partial charge on any atom is 0.308 e. The number of ether oxygens (including phenoxy) is 2. The molecule has 0 aliphatic carbocycles. The van der Waals surface area contributed by atoms with Gasteiger partial charge in [0.15, 0.2) is 0 Å². The zero-order chi connectivity index (χ0) is 20.2. The van der Waals surface area contributed by atoms with Crippen LogP contribution in [0.1, 0.15) is 24.9 Å². The Kier molecular flexibility index (Phi) is 7.35. The first-order valence-corrected chi connectivity index (χ1v) is 12.0. The molecule has 2 heterocycles. The molecule has 0 saturated heterocycles. The number of thiophene rings is 1. The molecule has 2 rings (SSSR count). The zero-order valence-electron chi connectivity index (χ0n) is 15.0. The van der Waals surface area contributed by atoms with Crippen LogP contribution in [-0.4, -0.2) is 67.1 Å².